The van der Waals surface area contributed by atoms with Crippen LogP contribution in [0.3, 0.4) is 0 Å². The van der Waals surface area contributed by atoms with Crippen LogP contribution >= 0.6 is 11.6 Å². The Morgan fingerprint density at radius 1 is 1.11 bits per heavy atom. The number of nitrogens with zero attached hydrogens (tertiary/aromatic N) is 1. The topological polar surface area (TPSA) is 42.2 Å². The van der Waals surface area contributed by atoms with Crippen molar-refractivity contribution in [1.82, 2.24) is 0 Å². The lowest BCUT2D eigenvalue weighted by Gasteiger charge is -2.13. The summed E-state index contributed by atoms with van der Waals surface area (Å²) in [5, 5.41) is 9.79. The fourth-order valence-electron chi connectivity index (χ4n) is 2.71. The third-order valence-electron chi connectivity index (χ3n) is 4.07. The Morgan fingerprint density at radius 3 is 2.50 bits per heavy atom. The predicted molar refractivity (Wildman–Crippen MR) is 109 cm³/mol. The molecule has 0 bridgehead atoms. The number of rotatable bonds is 6. The van der Waals surface area contributed by atoms with Gasteiger partial charge in [0.1, 0.15) is 12.4 Å². The van der Waals surface area contributed by atoms with Gasteiger partial charge in [-0.15, -0.1) is 0 Å². The third kappa shape index (κ3) is 4.51. The van der Waals surface area contributed by atoms with Crippen molar-refractivity contribution in [3.8, 4) is 17.6 Å². The monoisotopic (exact) mass is 393 g/mol. The SMILES string of the molecule is COc1cc(/C=C(/C#N)c2ccccc2F)cc(Cl)c1OCc1ccccc1. The molecule has 0 aliphatic heterocycles. The van der Waals surface area contributed by atoms with E-state index in [0.29, 0.717) is 28.7 Å². The summed E-state index contributed by atoms with van der Waals surface area (Å²) >= 11 is 6.39. The average molecular weight is 394 g/mol. The Hall–Kier alpha value is -3.29. The van der Waals surface area contributed by atoms with Crippen molar-refractivity contribution in [1.29, 1.82) is 5.26 Å². The molecule has 0 amide bonds. The molecule has 140 valence electrons. The summed E-state index contributed by atoms with van der Waals surface area (Å²) in [6, 6.07) is 21.2. The van der Waals surface area contributed by atoms with Crippen LogP contribution in [0.5, 0.6) is 11.5 Å². The first kappa shape index (κ1) is 19.5. The van der Waals surface area contributed by atoms with E-state index in [4.69, 9.17) is 21.1 Å². The summed E-state index contributed by atoms with van der Waals surface area (Å²) in [5.74, 6) is 0.381. The van der Waals surface area contributed by atoms with Gasteiger partial charge < -0.3 is 9.47 Å². The molecule has 0 aliphatic rings. The molecule has 0 aromatic heterocycles. The molecule has 3 aromatic rings. The number of hydrogen-bond donors (Lipinski definition) is 0. The van der Waals surface area contributed by atoms with Crippen LogP contribution in [0.4, 0.5) is 4.39 Å². The molecule has 5 heteroatoms. The van der Waals surface area contributed by atoms with Gasteiger partial charge in [-0.3, -0.25) is 0 Å². The molecule has 0 saturated heterocycles. The Morgan fingerprint density at radius 2 is 1.82 bits per heavy atom. The highest BCUT2D eigenvalue weighted by atomic mass is 35.5. The largest absolute Gasteiger partial charge is 0.493 e. The molecule has 3 nitrogen and oxygen atoms in total. The number of benzene rings is 3. The minimum absolute atomic E-state index is 0.189. The fourth-order valence-corrected chi connectivity index (χ4v) is 2.98. The normalized spacial score (nSPS) is 11.0. The van der Waals surface area contributed by atoms with Gasteiger partial charge in [0.25, 0.3) is 0 Å². The van der Waals surface area contributed by atoms with E-state index in [2.05, 4.69) is 0 Å². The van der Waals surface area contributed by atoms with Crippen LogP contribution in [0, 0.1) is 17.1 Å². The number of methoxy groups -OCH3 is 1. The third-order valence-corrected chi connectivity index (χ3v) is 4.35. The van der Waals surface area contributed by atoms with E-state index < -0.39 is 5.82 Å². The van der Waals surface area contributed by atoms with Gasteiger partial charge in [-0.1, -0.05) is 60.1 Å². The molecular weight excluding hydrogens is 377 g/mol. The molecule has 0 radical (unpaired) electrons. The van der Waals surface area contributed by atoms with E-state index in [9.17, 15) is 9.65 Å². The van der Waals surface area contributed by atoms with Gasteiger partial charge in [0.15, 0.2) is 11.5 Å². The van der Waals surface area contributed by atoms with Crippen molar-refractivity contribution >= 4 is 23.3 Å². The number of ether oxygens (including phenoxy) is 2. The average Bonchev–Trinajstić information content (AvgIpc) is 2.72. The molecule has 0 atom stereocenters. The molecule has 0 heterocycles. The minimum atomic E-state index is -0.462. The lowest BCUT2D eigenvalue weighted by atomic mass is 10.0. The van der Waals surface area contributed by atoms with Crippen molar-refractivity contribution in [2.45, 2.75) is 6.61 Å². The maximum atomic E-state index is 14.0. The second kappa shape index (κ2) is 9.07. The van der Waals surface area contributed by atoms with Crippen LogP contribution in [0.25, 0.3) is 11.6 Å². The lowest BCUT2D eigenvalue weighted by Crippen LogP contribution is -1.99. The molecule has 0 spiro atoms. The molecule has 0 unspecified atom stereocenters. The first-order valence-electron chi connectivity index (χ1n) is 8.53. The van der Waals surface area contributed by atoms with Crippen LogP contribution < -0.4 is 9.47 Å². The zero-order chi connectivity index (χ0) is 19.9. The number of nitriles is 1. The highest BCUT2D eigenvalue weighted by Crippen LogP contribution is 2.38. The van der Waals surface area contributed by atoms with Gasteiger partial charge in [0.05, 0.1) is 23.8 Å². The van der Waals surface area contributed by atoms with Crippen molar-refractivity contribution in [3.63, 3.8) is 0 Å². The van der Waals surface area contributed by atoms with Gasteiger partial charge in [0.2, 0.25) is 0 Å². The molecule has 0 N–H and O–H groups in total. The quantitative estimate of drug-likeness (QED) is 0.373. The Bertz CT molecular complexity index is 1040. The van der Waals surface area contributed by atoms with Gasteiger partial charge in [0, 0.05) is 5.56 Å². The minimum Gasteiger partial charge on any atom is -0.493 e. The van der Waals surface area contributed by atoms with Gasteiger partial charge in [-0.2, -0.15) is 5.26 Å². The van der Waals surface area contributed by atoms with Crippen molar-refractivity contribution in [2.24, 2.45) is 0 Å². The van der Waals surface area contributed by atoms with E-state index in [1.807, 2.05) is 36.4 Å². The number of halogens is 2. The molecule has 0 fully saturated rings. The summed E-state index contributed by atoms with van der Waals surface area (Å²) in [6.07, 6.45) is 1.56. The fraction of sp³-hybridized carbons (Fsp3) is 0.0870. The van der Waals surface area contributed by atoms with Gasteiger partial charge in [-0.25, -0.2) is 4.39 Å². The summed E-state index contributed by atoms with van der Waals surface area (Å²) in [6.45, 7) is 0.338. The summed E-state index contributed by atoms with van der Waals surface area (Å²) < 4.78 is 25.3. The number of hydrogen-bond acceptors (Lipinski definition) is 3. The van der Waals surface area contributed by atoms with E-state index in [1.165, 1.54) is 13.2 Å². The Labute approximate surface area is 168 Å². The first-order valence-corrected chi connectivity index (χ1v) is 8.91. The van der Waals surface area contributed by atoms with E-state index in [-0.39, 0.29) is 11.1 Å². The molecular formula is C23H17ClFNO2. The van der Waals surface area contributed by atoms with E-state index in [1.54, 1.807) is 36.4 Å². The standard InChI is InChI=1S/C23H17ClFNO2/c1-27-22-13-17(11-18(14-26)19-9-5-6-10-21(19)25)12-20(24)23(22)28-15-16-7-3-2-4-8-16/h2-13H,15H2,1H3/b18-11-. The van der Waals surface area contributed by atoms with Crippen molar-refractivity contribution < 1.29 is 13.9 Å². The Balaban J connectivity index is 1.92. The summed E-state index contributed by atoms with van der Waals surface area (Å²) in [4.78, 5) is 0. The van der Waals surface area contributed by atoms with Gasteiger partial charge in [-0.05, 0) is 35.4 Å². The summed E-state index contributed by atoms with van der Waals surface area (Å²) in [7, 11) is 1.51. The van der Waals surface area contributed by atoms with Crippen LogP contribution in [-0.4, -0.2) is 7.11 Å². The molecule has 0 aliphatic carbocycles. The predicted octanol–water partition coefficient (Wildman–Crippen LogP) is 6.13. The first-order chi connectivity index (χ1) is 13.6. The second-order valence-electron chi connectivity index (χ2n) is 5.96. The second-order valence-corrected chi connectivity index (χ2v) is 6.37. The molecule has 28 heavy (non-hydrogen) atoms. The summed E-state index contributed by atoms with van der Waals surface area (Å²) in [5.41, 5.74) is 2.02. The van der Waals surface area contributed by atoms with Crippen molar-refractivity contribution in [2.75, 3.05) is 7.11 Å². The smallest absolute Gasteiger partial charge is 0.180 e. The van der Waals surface area contributed by atoms with E-state index in [0.717, 1.165) is 5.56 Å². The van der Waals surface area contributed by atoms with E-state index >= 15 is 0 Å². The number of allylic oxidation sites excluding steroid dienone is 1. The molecule has 0 saturated carbocycles. The maximum Gasteiger partial charge on any atom is 0.180 e. The van der Waals surface area contributed by atoms with Crippen LogP contribution in [-0.2, 0) is 6.61 Å². The molecule has 3 aromatic carbocycles. The van der Waals surface area contributed by atoms with Crippen LogP contribution in [0.15, 0.2) is 66.7 Å². The zero-order valence-electron chi connectivity index (χ0n) is 15.2. The lowest BCUT2D eigenvalue weighted by molar-refractivity contribution is 0.284. The van der Waals surface area contributed by atoms with Crippen molar-refractivity contribution in [3.05, 3.63) is 94.3 Å². The highest BCUT2D eigenvalue weighted by Gasteiger charge is 2.13. The molecule has 3 rings (SSSR count). The Kier molecular flexibility index (Phi) is 6.31. The van der Waals surface area contributed by atoms with Crippen LogP contribution in [0.1, 0.15) is 16.7 Å². The van der Waals surface area contributed by atoms with Crippen LogP contribution in [0.2, 0.25) is 5.02 Å². The zero-order valence-corrected chi connectivity index (χ0v) is 15.9. The maximum absolute atomic E-state index is 14.0. The highest BCUT2D eigenvalue weighted by molar-refractivity contribution is 6.32. The van der Waals surface area contributed by atoms with Gasteiger partial charge >= 0.3 is 0 Å².